The Morgan fingerprint density at radius 3 is 2.00 bits per heavy atom. The molecule has 2 aromatic carbocycles. The predicted molar refractivity (Wildman–Crippen MR) is 156 cm³/mol. The summed E-state index contributed by atoms with van der Waals surface area (Å²) in [6.45, 7) is 19.0. The minimum atomic E-state index is -0.244. The van der Waals surface area contributed by atoms with Gasteiger partial charge in [0.15, 0.2) is 0 Å². The molecule has 2 heterocycles. The number of ether oxygens (including phenoxy) is 1. The number of aryl methyl sites for hydroxylation is 4. The predicted octanol–water partition coefficient (Wildman–Crippen LogP) is 9.46. The molecule has 6 heteroatoms. The summed E-state index contributed by atoms with van der Waals surface area (Å²) in [5, 5.41) is 5.06. The van der Waals surface area contributed by atoms with Crippen molar-refractivity contribution in [2.45, 2.75) is 62.3 Å². The lowest BCUT2D eigenvalue weighted by molar-refractivity contribution is 0.215. The van der Waals surface area contributed by atoms with Crippen molar-refractivity contribution < 1.29 is 13.7 Å². The Morgan fingerprint density at radius 1 is 1.00 bits per heavy atom. The van der Waals surface area contributed by atoms with Crippen molar-refractivity contribution in [2.75, 3.05) is 13.7 Å². The van der Waals surface area contributed by atoms with Crippen molar-refractivity contribution in [3.8, 4) is 21.7 Å². The van der Waals surface area contributed by atoms with E-state index in [4.69, 9.17) is 4.52 Å². The first-order valence-corrected chi connectivity index (χ1v) is 13.1. The fourth-order valence-corrected chi connectivity index (χ4v) is 3.80. The summed E-state index contributed by atoms with van der Waals surface area (Å²) < 4.78 is 22.2. The van der Waals surface area contributed by atoms with Crippen molar-refractivity contribution in [2.24, 2.45) is 0 Å². The third kappa shape index (κ3) is 11.2. The van der Waals surface area contributed by atoms with Gasteiger partial charge < -0.3 is 9.26 Å². The van der Waals surface area contributed by atoms with E-state index in [-0.39, 0.29) is 5.82 Å². The number of halogens is 1. The lowest BCUT2D eigenvalue weighted by Gasteiger charge is -1.99. The highest BCUT2D eigenvalue weighted by Gasteiger charge is 2.10. The fraction of sp³-hybridized carbons (Fsp3) is 0.355. The van der Waals surface area contributed by atoms with Gasteiger partial charge in [-0.05, 0) is 92.1 Å². The maximum Gasteiger partial charge on any atom is 0.137 e. The van der Waals surface area contributed by atoms with E-state index < -0.39 is 0 Å². The van der Waals surface area contributed by atoms with Gasteiger partial charge in [0.1, 0.15) is 17.3 Å². The summed E-state index contributed by atoms with van der Waals surface area (Å²) in [5.74, 6) is 0.552. The Labute approximate surface area is 226 Å². The summed E-state index contributed by atoms with van der Waals surface area (Å²) in [6, 6.07) is 14.8. The molecule has 0 N–H and O–H groups in total. The second kappa shape index (κ2) is 16.6. The Hall–Kier alpha value is -3.09. The molecule has 0 atom stereocenters. The van der Waals surface area contributed by atoms with Crippen LogP contribution in [0.25, 0.3) is 21.7 Å². The van der Waals surface area contributed by atoms with Crippen LogP contribution in [-0.4, -0.2) is 23.9 Å². The van der Waals surface area contributed by atoms with Gasteiger partial charge in [-0.1, -0.05) is 46.6 Å². The van der Waals surface area contributed by atoms with Crippen molar-refractivity contribution in [1.29, 1.82) is 0 Å². The van der Waals surface area contributed by atoms with E-state index >= 15 is 0 Å². The molecule has 4 aromatic rings. The van der Waals surface area contributed by atoms with Gasteiger partial charge in [0, 0.05) is 24.8 Å². The Kier molecular flexibility index (Phi) is 14.3. The number of thiazole rings is 1. The quantitative estimate of drug-likeness (QED) is 0.250. The van der Waals surface area contributed by atoms with Crippen molar-refractivity contribution in [1.82, 2.24) is 10.1 Å². The maximum atomic E-state index is 12.7. The van der Waals surface area contributed by atoms with Crippen LogP contribution in [0.1, 0.15) is 55.3 Å². The SMILES string of the molecule is CC=C(C)C.CCOC.Cc1cccc(-c2sc(C)nc2C)c1.Cc1onc(-c2ccc(F)cc2)c1C. The molecule has 2 aromatic heterocycles. The molecule has 0 aliphatic rings. The van der Waals surface area contributed by atoms with Crippen molar-refractivity contribution in [3.63, 3.8) is 0 Å². The molecule has 0 fully saturated rings. The molecule has 0 radical (unpaired) electrons. The first-order valence-electron chi connectivity index (χ1n) is 12.3. The summed E-state index contributed by atoms with van der Waals surface area (Å²) in [4.78, 5) is 5.73. The second-order valence-electron chi connectivity index (χ2n) is 8.68. The van der Waals surface area contributed by atoms with Gasteiger partial charge in [0.25, 0.3) is 0 Å². The third-order valence-electron chi connectivity index (χ3n) is 5.32. The van der Waals surface area contributed by atoms with E-state index in [1.807, 2.05) is 27.7 Å². The van der Waals surface area contributed by atoms with Gasteiger partial charge in [-0.2, -0.15) is 0 Å². The van der Waals surface area contributed by atoms with Crippen LogP contribution in [0.5, 0.6) is 0 Å². The van der Waals surface area contributed by atoms with Crippen LogP contribution in [0.4, 0.5) is 4.39 Å². The van der Waals surface area contributed by atoms with Gasteiger partial charge in [-0.3, -0.25) is 0 Å². The first kappa shape index (κ1) is 31.9. The minimum absolute atomic E-state index is 0.244. The molecule has 0 saturated heterocycles. The number of methoxy groups -OCH3 is 1. The molecule has 4 rings (SSSR count). The average molecular weight is 525 g/mol. The monoisotopic (exact) mass is 524 g/mol. The number of hydrogen-bond acceptors (Lipinski definition) is 5. The highest BCUT2D eigenvalue weighted by Crippen LogP contribution is 2.30. The zero-order valence-electron chi connectivity index (χ0n) is 23.9. The highest BCUT2D eigenvalue weighted by atomic mass is 32.1. The molecule has 0 unspecified atom stereocenters. The van der Waals surface area contributed by atoms with Crippen LogP contribution >= 0.6 is 11.3 Å². The molecular weight excluding hydrogens is 483 g/mol. The summed E-state index contributed by atoms with van der Waals surface area (Å²) in [5.41, 5.74) is 7.75. The van der Waals surface area contributed by atoms with Crippen LogP contribution in [0, 0.1) is 40.4 Å². The van der Waals surface area contributed by atoms with Crippen LogP contribution in [0.2, 0.25) is 0 Å². The average Bonchev–Trinajstić information content (AvgIpc) is 3.40. The number of allylic oxidation sites excluding steroid dienone is 2. The summed E-state index contributed by atoms with van der Waals surface area (Å²) in [7, 11) is 1.68. The van der Waals surface area contributed by atoms with E-state index in [9.17, 15) is 4.39 Å². The number of benzene rings is 2. The molecule has 0 aliphatic carbocycles. The zero-order chi connectivity index (χ0) is 28.0. The van der Waals surface area contributed by atoms with E-state index in [0.29, 0.717) is 0 Å². The molecule has 0 aliphatic heterocycles. The van der Waals surface area contributed by atoms with Gasteiger partial charge in [0.2, 0.25) is 0 Å². The smallest absolute Gasteiger partial charge is 0.137 e. The molecule has 0 saturated carbocycles. The first-order chi connectivity index (χ1) is 17.5. The lowest BCUT2D eigenvalue weighted by atomic mass is 10.1. The summed E-state index contributed by atoms with van der Waals surface area (Å²) in [6.07, 6.45) is 2.08. The molecule has 4 nitrogen and oxygen atoms in total. The van der Waals surface area contributed by atoms with Crippen molar-refractivity contribution >= 4 is 11.3 Å². The maximum absolute atomic E-state index is 12.7. The normalized spacial score (nSPS) is 9.70. The number of aromatic nitrogens is 2. The minimum Gasteiger partial charge on any atom is -0.385 e. The second-order valence-corrected chi connectivity index (χ2v) is 9.88. The van der Waals surface area contributed by atoms with Gasteiger partial charge in [-0.15, -0.1) is 11.3 Å². The number of rotatable bonds is 3. The Balaban J connectivity index is 0.000000281. The molecule has 37 heavy (non-hydrogen) atoms. The molecule has 0 amide bonds. The summed E-state index contributed by atoms with van der Waals surface area (Å²) >= 11 is 1.77. The van der Waals surface area contributed by atoms with E-state index in [1.54, 1.807) is 30.6 Å². The van der Waals surface area contributed by atoms with Crippen LogP contribution in [0.3, 0.4) is 0 Å². The van der Waals surface area contributed by atoms with Crippen LogP contribution in [0.15, 0.2) is 64.7 Å². The van der Waals surface area contributed by atoms with Crippen LogP contribution < -0.4 is 0 Å². The number of nitrogens with zero attached hydrogens (tertiary/aromatic N) is 2. The van der Waals surface area contributed by atoms with E-state index in [0.717, 1.165) is 39.9 Å². The Morgan fingerprint density at radius 2 is 1.59 bits per heavy atom. The van der Waals surface area contributed by atoms with Gasteiger partial charge >= 0.3 is 0 Å². The highest BCUT2D eigenvalue weighted by molar-refractivity contribution is 7.15. The van der Waals surface area contributed by atoms with Gasteiger partial charge in [-0.25, -0.2) is 9.37 Å². The largest absolute Gasteiger partial charge is 0.385 e. The fourth-order valence-electron chi connectivity index (χ4n) is 2.88. The van der Waals surface area contributed by atoms with Crippen molar-refractivity contribution in [3.05, 3.63) is 93.6 Å². The molecule has 0 spiro atoms. The lowest BCUT2D eigenvalue weighted by Crippen LogP contribution is -1.81. The van der Waals surface area contributed by atoms with Gasteiger partial charge in [0.05, 0.1) is 15.6 Å². The molecular formula is C31H41FN2O2S. The molecule has 0 bridgehead atoms. The topological polar surface area (TPSA) is 48.2 Å². The number of hydrogen-bond donors (Lipinski definition) is 0. The standard InChI is InChI=1S/C12H13NS.C11H10FNO.C5H10.C3H8O/c1-8-5-4-6-11(7-8)12-9(2)13-10(3)14-12;1-7-8(2)14-13-11(7)9-3-5-10(12)6-4-9;1-4-5(2)3;1-3-4-2/h4-7H,1-3H3;3-6H,1-2H3;4H,1-3H3;3H2,1-2H3. The van der Waals surface area contributed by atoms with Crippen LogP contribution in [-0.2, 0) is 4.74 Å². The van der Waals surface area contributed by atoms with E-state index in [2.05, 4.69) is 79.8 Å². The Bertz CT molecular complexity index is 1230. The van der Waals surface area contributed by atoms with E-state index in [1.165, 1.54) is 33.7 Å². The molecule has 200 valence electrons. The zero-order valence-corrected chi connectivity index (χ0v) is 24.7. The third-order valence-corrected chi connectivity index (χ3v) is 6.45.